The monoisotopic (exact) mass is 256 g/mol. The van der Waals surface area contributed by atoms with Crippen LogP contribution in [0.2, 0.25) is 0 Å². The minimum atomic E-state index is 0.644. The third-order valence-electron chi connectivity index (χ3n) is 2.69. The number of nitrogens with zero attached hydrogens (tertiary/aromatic N) is 5. The van der Waals surface area contributed by atoms with Crippen LogP contribution in [0.3, 0.4) is 0 Å². The molecule has 0 radical (unpaired) electrons. The van der Waals surface area contributed by atoms with E-state index in [9.17, 15) is 0 Å². The SMILES string of the molecule is Cc1nn2c(-c3nc4ccccc4[nH]3)nnc2s1. The fourth-order valence-corrected chi connectivity index (χ4v) is 2.60. The van der Waals surface area contributed by atoms with Crippen LogP contribution in [0.5, 0.6) is 0 Å². The van der Waals surface area contributed by atoms with Crippen LogP contribution in [-0.4, -0.2) is 29.8 Å². The Labute approximate surface area is 105 Å². The third kappa shape index (κ3) is 1.28. The molecule has 7 heteroatoms. The lowest BCUT2D eigenvalue weighted by molar-refractivity contribution is 0.930. The summed E-state index contributed by atoms with van der Waals surface area (Å²) < 4.78 is 1.72. The smallest absolute Gasteiger partial charge is 0.235 e. The van der Waals surface area contributed by atoms with E-state index < -0.39 is 0 Å². The van der Waals surface area contributed by atoms with Crippen molar-refractivity contribution < 1.29 is 0 Å². The Hall–Kier alpha value is -2.28. The molecule has 3 aromatic heterocycles. The Bertz CT molecular complexity index is 822. The van der Waals surface area contributed by atoms with Crippen LogP contribution in [0, 0.1) is 6.92 Å². The van der Waals surface area contributed by atoms with Gasteiger partial charge in [-0.15, -0.1) is 10.2 Å². The third-order valence-corrected chi connectivity index (χ3v) is 3.51. The van der Waals surface area contributed by atoms with Crippen molar-refractivity contribution in [3.05, 3.63) is 29.3 Å². The molecule has 0 bridgehead atoms. The van der Waals surface area contributed by atoms with Gasteiger partial charge in [0.1, 0.15) is 5.01 Å². The van der Waals surface area contributed by atoms with E-state index in [2.05, 4.69) is 25.3 Å². The summed E-state index contributed by atoms with van der Waals surface area (Å²) in [6, 6.07) is 7.87. The molecule has 6 nitrogen and oxygen atoms in total. The second-order valence-corrected chi connectivity index (χ2v) is 5.10. The van der Waals surface area contributed by atoms with Crippen molar-refractivity contribution in [2.75, 3.05) is 0 Å². The van der Waals surface area contributed by atoms with Crippen LogP contribution in [0.4, 0.5) is 0 Å². The van der Waals surface area contributed by atoms with E-state index in [0.717, 1.165) is 21.0 Å². The minimum Gasteiger partial charge on any atom is -0.335 e. The predicted molar refractivity (Wildman–Crippen MR) is 68.5 cm³/mol. The van der Waals surface area contributed by atoms with Crippen LogP contribution in [0.25, 0.3) is 27.6 Å². The zero-order valence-corrected chi connectivity index (χ0v) is 10.3. The number of imidazole rings is 1. The Morgan fingerprint density at radius 1 is 1.22 bits per heavy atom. The fraction of sp³-hybridized carbons (Fsp3) is 0.0909. The number of hydrogen-bond donors (Lipinski definition) is 1. The molecule has 0 spiro atoms. The first-order valence-electron chi connectivity index (χ1n) is 5.45. The summed E-state index contributed by atoms with van der Waals surface area (Å²) >= 11 is 1.51. The molecule has 1 N–H and O–H groups in total. The van der Waals surface area contributed by atoms with E-state index in [1.807, 2.05) is 31.2 Å². The quantitative estimate of drug-likeness (QED) is 0.565. The molecule has 4 rings (SSSR count). The molecule has 0 saturated heterocycles. The second kappa shape index (κ2) is 3.36. The Kier molecular flexibility index (Phi) is 1.81. The summed E-state index contributed by atoms with van der Waals surface area (Å²) in [6.45, 7) is 1.95. The van der Waals surface area contributed by atoms with E-state index in [1.165, 1.54) is 11.3 Å². The number of para-hydroxylation sites is 2. The summed E-state index contributed by atoms with van der Waals surface area (Å²) in [7, 11) is 0. The van der Waals surface area contributed by atoms with Gasteiger partial charge in [0, 0.05) is 0 Å². The molecule has 0 aliphatic carbocycles. The van der Waals surface area contributed by atoms with Crippen LogP contribution < -0.4 is 0 Å². The molecule has 0 fully saturated rings. The van der Waals surface area contributed by atoms with Gasteiger partial charge in [-0.2, -0.15) is 9.61 Å². The number of aromatic nitrogens is 6. The van der Waals surface area contributed by atoms with Gasteiger partial charge < -0.3 is 4.98 Å². The Morgan fingerprint density at radius 3 is 3.00 bits per heavy atom. The Balaban J connectivity index is 2.00. The molecule has 0 saturated carbocycles. The lowest BCUT2D eigenvalue weighted by Crippen LogP contribution is -1.92. The van der Waals surface area contributed by atoms with Gasteiger partial charge >= 0.3 is 0 Å². The van der Waals surface area contributed by atoms with Crippen molar-refractivity contribution in [3.8, 4) is 11.6 Å². The lowest BCUT2D eigenvalue weighted by Gasteiger charge is -1.88. The number of aromatic amines is 1. The van der Waals surface area contributed by atoms with Gasteiger partial charge in [0.25, 0.3) is 0 Å². The number of hydrogen-bond acceptors (Lipinski definition) is 5. The summed E-state index contributed by atoms with van der Waals surface area (Å²) in [5.74, 6) is 1.33. The minimum absolute atomic E-state index is 0.644. The highest BCUT2D eigenvalue weighted by atomic mass is 32.1. The van der Waals surface area contributed by atoms with Crippen molar-refractivity contribution in [1.82, 2.24) is 29.8 Å². The largest absolute Gasteiger partial charge is 0.335 e. The average Bonchev–Trinajstić information content (AvgIpc) is 3.00. The van der Waals surface area contributed by atoms with Gasteiger partial charge in [-0.05, 0) is 19.1 Å². The topological polar surface area (TPSA) is 71.8 Å². The van der Waals surface area contributed by atoms with Crippen molar-refractivity contribution in [3.63, 3.8) is 0 Å². The maximum atomic E-state index is 4.50. The first-order valence-corrected chi connectivity index (χ1v) is 6.27. The molecule has 3 heterocycles. The molecular weight excluding hydrogens is 248 g/mol. The van der Waals surface area contributed by atoms with Gasteiger partial charge in [0.05, 0.1) is 11.0 Å². The fourth-order valence-electron chi connectivity index (χ4n) is 1.92. The van der Waals surface area contributed by atoms with E-state index in [1.54, 1.807) is 4.52 Å². The molecule has 0 aliphatic heterocycles. The van der Waals surface area contributed by atoms with E-state index in [4.69, 9.17) is 0 Å². The number of rotatable bonds is 1. The number of nitrogens with one attached hydrogen (secondary N) is 1. The first kappa shape index (κ1) is 9.72. The first-order chi connectivity index (χ1) is 8.81. The van der Waals surface area contributed by atoms with E-state index in [-0.39, 0.29) is 0 Å². The van der Waals surface area contributed by atoms with E-state index in [0.29, 0.717) is 11.6 Å². The van der Waals surface area contributed by atoms with Crippen molar-refractivity contribution in [2.45, 2.75) is 6.92 Å². The molecule has 0 amide bonds. The molecule has 1 aromatic carbocycles. The van der Waals surface area contributed by atoms with Gasteiger partial charge in [-0.1, -0.05) is 23.5 Å². The van der Waals surface area contributed by atoms with Crippen LogP contribution in [0.1, 0.15) is 5.01 Å². The second-order valence-electron chi connectivity index (χ2n) is 3.94. The van der Waals surface area contributed by atoms with Gasteiger partial charge in [0.2, 0.25) is 10.8 Å². The predicted octanol–water partition coefficient (Wildman–Crippen LogP) is 2.04. The number of fused-ring (bicyclic) bond motifs is 2. The summed E-state index contributed by atoms with van der Waals surface area (Å²) in [5.41, 5.74) is 1.90. The zero-order valence-electron chi connectivity index (χ0n) is 9.45. The zero-order chi connectivity index (χ0) is 12.1. The highest BCUT2D eigenvalue weighted by Crippen LogP contribution is 2.21. The highest BCUT2D eigenvalue weighted by Gasteiger charge is 2.14. The van der Waals surface area contributed by atoms with Crippen LogP contribution in [-0.2, 0) is 0 Å². The van der Waals surface area contributed by atoms with Crippen molar-refractivity contribution >= 4 is 27.3 Å². The summed E-state index contributed by atoms with van der Waals surface area (Å²) in [6.07, 6.45) is 0. The van der Waals surface area contributed by atoms with Crippen molar-refractivity contribution in [1.29, 1.82) is 0 Å². The van der Waals surface area contributed by atoms with Gasteiger partial charge in [0.15, 0.2) is 5.82 Å². The number of H-pyrrole nitrogens is 1. The molecule has 88 valence electrons. The van der Waals surface area contributed by atoms with E-state index >= 15 is 0 Å². The summed E-state index contributed by atoms with van der Waals surface area (Å²) in [4.78, 5) is 8.51. The van der Waals surface area contributed by atoms with Crippen molar-refractivity contribution in [2.24, 2.45) is 0 Å². The standard InChI is InChI=1S/C11H8N6S/c1-6-16-17-10(14-15-11(17)18-6)9-12-7-4-2-3-5-8(7)13-9/h2-5H,1H3,(H,12,13). The van der Waals surface area contributed by atoms with Crippen LogP contribution in [0.15, 0.2) is 24.3 Å². The molecule has 4 aromatic rings. The van der Waals surface area contributed by atoms with Gasteiger partial charge in [-0.25, -0.2) is 4.98 Å². The number of benzene rings is 1. The maximum Gasteiger partial charge on any atom is 0.235 e. The lowest BCUT2D eigenvalue weighted by atomic mass is 10.3. The highest BCUT2D eigenvalue weighted by molar-refractivity contribution is 7.16. The Morgan fingerprint density at radius 2 is 2.11 bits per heavy atom. The maximum absolute atomic E-state index is 4.50. The molecule has 0 atom stereocenters. The summed E-state index contributed by atoms with van der Waals surface area (Å²) in [5, 5.41) is 13.5. The molecular formula is C11H8N6S. The molecule has 18 heavy (non-hydrogen) atoms. The average molecular weight is 256 g/mol. The normalized spacial score (nSPS) is 11.6. The molecule has 0 unspecified atom stereocenters. The number of aryl methyl sites for hydroxylation is 1. The molecule has 0 aliphatic rings. The van der Waals surface area contributed by atoms with Crippen LogP contribution >= 0.6 is 11.3 Å². The van der Waals surface area contributed by atoms with Gasteiger partial charge in [-0.3, -0.25) is 0 Å².